The van der Waals surface area contributed by atoms with Crippen molar-refractivity contribution in [3.05, 3.63) is 53.1 Å². The summed E-state index contributed by atoms with van der Waals surface area (Å²) in [5.41, 5.74) is 2.40. The van der Waals surface area contributed by atoms with Gasteiger partial charge in [0.2, 0.25) is 0 Å². The second-order valence-electron chi connectivity index (χ2n) is 8.86. The molecule has 0 saturated carbocycles. The number of nitrogens with zero attached hydrogens (tertiary/aromatic N) is 1. The van der Waals surface area contributed by atoms with E-state index in [9.17, 15) is 16.8 Å². The van der Waals surface area contributed by atoms with E-state index >= 15 is 0 Å². The molecule has 31 heavy (non-hydrogen) atoms. The first-order valence-electron chi connectivity index (χ1n) is 10.1. The summed E-state index contributed by atoms with van der Waals surface area (Å²) in [6.07, 6.45) is 1.39. The van der Waals surface area contributed by atoms with Crippen LogP contribution in [0.5, 0.6) is 0 Å². The smallest absolute Gasteiger partial charge is 0.262 e. The van der Waals surface area contributed by atoms with Crippen LogP contribution in [0.4, 0.5) is 5.69 Å². The highest BCUT2D eigenvalue weighted by atomic mass is 32.2. The molecule has 0 bridgehead atoms. The lowest BCUT2D eigenvalue weighted by Crippen LogP contribution is -2.29. The van der Waals surface area contributed by atoms with Crippen molar-refractivity contribution >= 4 is 31.6 Å². The Morgan fingerprint density at radius 3 is 2.10 bits per heavy atom. The molecule has 0 aliphatic carbocycles. The quantitative estimate of drug-likeness (QED) is 0.702. The monoisotopic (exact) mass is 463 g/mol. The van der Waals surface area contributed by atoms with Crippen LogP contribution in [0.3, 0.4) is 0 Å². The first-order chi connectivity index (χ1) is 14.3. The summed E-state index contributed by atoms with van der Waals surface area (Å²) < 4.78 is 56.6. The highest BCUT2D eigenvalue weighted by molar-refractivity contribution is 7.93. The maximum atomic E-state index is 13.1. The van der Waals surface area contributed by atoms with Crippen LogP contribution in [0.25, 0.3) is 0 Å². The third-order valence-electron chi connectivity index (χ3n) is 5.12. The number of aryl methyl sites for hydroxylation is 2. The minimum absolute atomic E-state index is 0.0289. The molecule has 9 heteroatoms. The van der Waals surface area contributed by atoms with Crippen molar-refractivity contribution in [2.24, 2.45) is 4.99 Å². The molecule has 2 aromatic carbocycles. The van der Waals surface area contributed by atoms with Gasteiger partial charge >= 0.3 is 0 Å². The van der Waals surface area contributed by atoms with Gasteiger partial charge in [0.05, 0.1) is 15.5 Å². The number of amidine groups is 1. The summed E-state index contributed by atoms with van der Waals surface area (Å²) in [5, 5.41) is 0. The third kappa shape index (κ3) is 5.27. The Kier molecular flexibility index (Phi) is 6.21. The Labute approximate surface area is 185 Å². The SMILES string of the molecule is Cc1cc(C(C)(C)C)cc(C)c1S(=O)(=O)Nc1cccc(S(=O)(=O)NC2=NCCC2)c1. The van der Waals surface area contributed by atoms with E-state index in [0.717, 1.165) is 12.0 Å². The zero-order chi connectivity index (χ0) is 23.0. The van der Waals surface area contributed by atoms with E-state index in [2.05, 4.69) is 35.2 Å². The molecule has 1 aliphatic rings. The molecule has 2 aromatic rings. The van der Waals surface area contributed by atoms with Crippen LogP contribution in [-0.2, 0) is 25.5 Å². The average molecular weight is 464 g/mol. The van der Waals surface area contributed by atoms with Gasteiger partial charge in [-0.2, -0.15) is 0 Å². The second-order valence-corrected chi connectivity index (χ2v) is 12.2. The van der Waals surface area contributed by atoms with E-state index in [0.29, 0.717) is 29.9 Å². The summed E-state index contributed by atoms with van der Waals surface area (Å²) in [4.78, 5) is 4.30. The first kappa shape index (κ1) is 23.3. The summed E-state index contributed by atoms with van der Waals surface area (Å²) in [6, 6.07) is 9.53. The highest BCUT2D eigenvalue weighted by Gasteiger charge is 2.24. The van der Waals surface area contributed by atoms with Gasteiger partial charge in [-0.1, -0.05) is 39.0 Å². The summed E-state index contributed by atoms with van der Waals surface area (Å²) in [5.74, 6) is 0.427. The topological polar surface area (TPSA) is 105 Å². The van der Waals surface area contributed by atoms with Crippen molar-refractivity contribution in [1.82, 2.24) is 4.72 Å². The number of benzene rings is 2. The number of sulfonamides is 2. The molecule has 7 nitrogen and oxygen atoms in total. The summed E-state index contributed by atoms with van der Waals surface area (Å²) in [7, 11) is -7.75. The van der Waals surface area contributed by atoms with E-state index in [1.807, 2.05) is 12.1 Å². The lowest BCUT2D eigenvalue weighted by molar-refractivity contribution is 0.585. The summed E-state index contributed by atoms with van der Waals surface area (Å²) in [6.45, 7) is 10.4. The van der Waals surface area contributed by atoms with Crippen molar-refractivity contribution in [1.29, 1.82) is 0 Å². The van der Waals surface area contributed by atoms with Crippen molar-refractivity contribution in [3.8, 4) is 0 Å². The number of anilines is 1. The van der Waals surface area contributed by atoms with E-state index in [4.69, 9.17) is 0 Å². The standard InChI is InChI=1S/C22H29N3O4S2/c1-15-12-17(22(3,4)5)13-16(2)21(15)31(28,29)24-18-8-6-9-19(14-18)30(26,27)25-20-10-7-11-23-20/h6,8-9,12-14,24H,7,10-11H2,1-5H3,(H,23,25). The average Bonchev–Trinajstić information content (AvgIpc) is 3.12. The molecule has 0 amide bonds. The Bertz CT molecular complexity index is 1220. The lowest BCUT2D eigenvalue weighted by Gasteiger charge is -2.22. The van der Waals surface area contributed by atoms with E-state index in [1.165, 1.54) is 24.3 Å². The molecule has 1 aliphatic heterocycles. The van der Waals surface area contributed by atoms with Gasteiger partial charge in [-0.05, 0) is 60.6 Å². The molecule has 0 atom stereocenters. The van der Waals surface area contributed by atoms with Gasteiger partial charge in [-0.15, -0.1) is 0 Å². The van der Waals surface area contributed by atoms with Gasteiger partial charge < -0.3 is 0 Å². The van der Waals surface area contributed by atoms with Crippen LogP contribution >= 0.6 is 0 Å². The van der Waals surface area contributed by atoms with Crippen LogP contribution < -0.4 is 9.44 Å². The number of hydrogen-bond acceptors (Lipinski definition) is 5. The van der Waals surface area contributed by atoms with Gasteiger partial charge in [0.15, 0.2) is 0 Å². The number of nitrogens with one attached hydrogen (secondary N) is 2. The number of rotatable bonds is 5. The predicted octanol–water partition coefficient (Wildman–Crippen LogP) is 3.87. The van der Waals surface area contributed by atoms with Crippen LogP contribution in [0, 0.1) is 13.8 Å². The molecule has 0 radical (unpaired) electrons. The minimum atomic E-state index is -3.91. The lowest BCUT2D eigenvalue weighted by atomic mass is 9.85. The largest absolute Gasteiger partial charge is 0.280 e. The van der Waals surface area contributed by atoms with E-state index < -0.39 is 20.0 Å². The fraction of sp³-hybridized carbons (Fsp3) is 0.409. The summed E-state index contributed by atoms with van der Waals surface area (Å²) >= 11 is 0. The van der Waals surface area contributed by atoms with E-state index in [-0.39, 0.29) is 20.9 Å². The van der Waals surface area contributed by atoms with Crippen molar-refractivity contribution in [2.75, 3.05) is 11.3 Å². The molecule has 0 unspecified atom stereocenters. The molecule has 0 fully saturated rings. The first-order valence-corrected chi connectivity index (χ1v) is 13.1. The predicted molar refractivity (Wildman–Crippen MR) is 124 cm³/mol. The number of hydrogen-bond donors (Lipinski definition) is 2. The molecule has 3 rings (SSSR count). The second kappa shape index (κ2) is 8.27. The molecule has 2 N–H and O–H groups in total. The van der Waals surface area contributed by atoms with Gasteiger partial charge in [0, 0.05) is 13.0 Å². The van der Waals surface area contributed by atoms with Crippen molar-refractivity contribution in [3.63, 3.8) is 0 Å². The molecule has 1 heterocycles. The van der Waals surface area contributed by atoms with Gasteiger partial charge in [-0.3, -0.25) is 14.4 Å². The fourth-order valence-corrected chi connectivity index (χ4v) is 6.22. The zero-order valence-corrected chi connectivity index (χ0v) is 20.1. The van der Waals surface area contributed by atoms with Crippen molar-refractivity contribution in [2.45, 2.75) is 62.7 Å². The van der Waals surface area contributed by atoms with Crippen LogP contribution in [-0.4, -0.2) is 29.2 Å². The zero-order valence-electron chi connectivity index (χ0n) is 18.5. The fourth-order valence-electron chi connectivity index (χ4n) is 3.58. The minimum Gasteiger partial charge on any atom is -0.280 e. The van der Waals surface area contributed by atoms with Gasteiger partial charge in [0.25, 0.3) is 20.0 Å². The van der Waals surface area contributed by atoms with Gasteiger partial charge in [0.1, 0.15) is 5.84 Å². The number of aliphatic imine (C=N–C) groups is 1. The van der Waals surface area contributed by atoms with E-state index in [1.54, 1.807) is 13.8 Å². The third-order valence-corrected chi connectivity index (χ3v) is 8.18. The Balaban J connectivity index is 1.92. The highest BCUT2D eigenvalue weighted by Crippen LogP contribution is 2.30. The van der Waals surface area contributed by atoms with Crippen LogP contribution in [0.1, 0.15) is 50.3 Å². The molecular formula is C22H29N3O4S2. The van der Waals surface area contributed by atoms with Crippen LogP contribution in [0.2, 0.25) is 0 Å². The molecule has 0 saturated heterocycles. The Hall–Kier alpha value is -2.39. The van der Waals surface area contributed by atoms with Crippen LogP contribution in [0.15, 0.2) is 51.2 Å². The molecule has 0 spiro atoms. The Morgan fingerprint density at radius 2 is 1.55 bits per heavy atom. The Morgan fingerprint density at radius 1 is 0.903 bits per heavy atom. The van der Waals surface area contributed by atoms with Gasteiger partial charge in [-0.25, -0.2) is 16.8 Å². The maximum Gasteiger partial charge on any atom is 0.262 e. The van der Waals surface area contributed by atoms with Crippen molar-refractivity contribution < 1.29 is 16.8 Å². The molecular weight excluding hydrogens is 434 g/mol. The normalized spacial score (nSPS) is 14.9. The molecule has 0 aromatic heterocycles. The maximum absolute atomic E-state index is 13.1. The molecule has 168 valence electrons.